The van der Waals surface area contributed by atoms with E-state index in [0.29, 0.717) is 16.4 Å². The van der Waals surface area contributed by atoms with Crippen LogP contribution in [-0.2, 0) is 16.3 Å². The molecule has 2 heterocycles. The quantitative estimate of drug-likeness (QED) is 0.717. The zero-order valence-corrected chi connectivity index (χ0v) is 12.4. The number of sulfone groups is 1. The van der Waals surface area contributed by atoms with Gasteiger partial charge in [-0.25, -0.2) is 8.42 Å². The van der Waals surface area contributed by atoms with Crippen molar-refractivity contribution in [1.29, 1.82) is 0 Å². The first-order valence-electron chi connectivity index (χ1n) is 6.67. The van der Waals surface area contributed by atoms with Crippen LogP contribution < -0.4 is 0 Å². The highest BCUT2D eigenvalue weighted by atomic mass is 32.2. The zero-order chi connectivity index (χ0) is 15.4. The summed E-state index contributed by atoms with van der Waals surface area (Å²) in [6.45, 7) is 0. The van der Waals surface area contributed by atoms with Crippen molar-refractivity contribution < 1.29 is 12.9 Å². The number of aryl methyl sites for hydroxylation is 1. The molecule has 0 atom stereocenters. The van der Waals surface area contributed by atoms with Crippen molar-refractivity contribution in [2.24, 2.45) is 0 Å². The monoisotopic (exact) mass is 315 g/mol. The molecule has 0 unspecified atom stereocenters. The fourth-order valence-corrected chi connectivity index (χ4v) is 3.18. The second kappa shape index (κ2) is 6.07. The molecular formula is C15H13N3O3S. The van der Waals surface area contributed by atoms with Crippen molar-refractivity contribution in [1.82, 2.24) is 15.1 Å². The Morgan fingerprint density at radius 3 is 2.50 bits per heavy atom. The summed E-state index contributed by atoms with van der Waals surface area (Å²) in [5, 5.41) is 3.80. The van der Waals surface area contributed by atoms with Crippen molar-refractivity contribution in [3.63, 3.8) is 0 Å². The summed E-state index contributed by atoms with van der Waals surface area (Å²) < 4.78 is 29.5. The highest BCUT2D eigenvalue weighted by Crippen LogP contribution is 2.15. The minimum atomic E-state index is -3.35. The Hall–Kier alpha value is -2.54. The Labute approximate surface area is 127 Å². The van der Waals surface area contributed by atoms with Gasteiger partial charge < -0.3 is 4.52 Å². The van der Waals surface area contributed by atoms with E-state index in [1.807, 2.05) is 6.07 Å². The molecule has 0 fully saturated rings. The maximum atomic E-state index is 12.2. The minimum absolute atomic E-state index is 0.0712. The lowest BCUT2D eigenvalue weighted by atomic mass is 10.3. The SMILES string of the molecule is O=S(=O)(CCc1noc(-c2ccccn2)n1)c1ccccc1. The predicted molar refractivity (Wildman–Crippen MR) is 79.7 cm³/mol. The molecule has 0 spiro atoms. The molecule has 3 rings (SSSR count). The second-order valence-electron chi connectivity index (χ2n) is 4.61. The highest BCUT2D eigenvalue weighted by molar-refractivity contribution is 7.91. The van der Waals surface area contributed by atoms with Gasteiger partial charge in [0, 0.05) is 12.6 Å². The summed E-state index contributed by atoms with van der Waals surface area (Å²) in [4.78, 5) is 8.57. The van der Waals surface area contributed by atoms with Gasteiger partial charge in [-0.05, 0) is 24.3 Å². The van der Waals surface area contributed by atoms with Crippen LogP contribution in [0.3, 0.4) is 0 Å². The summed E-state index contributed by atoms with van der Waals surface area (Å²) in [7, 11) is -3.35. The molecule has 0 bridgehead atoms. The highest BCUT2D eigenvalue weighted by Gasteiger charge is 2.16. The molecule has 0 saturated heterocycles. The number of pyridine rings is 1. The average Bonchev–Trinajstić information content (AvgIpc) is 3.04. The largest absolute Gasteiger partial charge is 0.332 e. The summed E-state index contributed by atoms with van der Waals surface area (Å²) in [6.07, 6.45) is 1.81. The van der Waals surface area contributed by atoms with E-state index in [1.54, 1.807) is 48.7 Å². The third-order valence-corrected chi connectivity index (χ3v) is 4.78. The van der Waals surface area contributed by atoms with Gasteiger partial charge in [-0.3, -0.25) is 4.98 Å². The number of hydrogen-bond acceptors (Lipinski definition) is 6. The van der Waals surface area contributed by atoms with Gasteiger partial charge in [0.15, 0.2) is 15.7 Å². The number of hydrogen-bond donors (Lipinski definition) is 0. The van der Waals surface area contributed by atoms with Gasteiger partial charge in [-0.1, -0.05) is 29.4 Å². The lowest BCUT2D eigenvalue weighted by molar-refractivity contribution is 0.422. The zero-order valence-electron chi connectivity index (χ0n) is 11.6. The van der Waals surface area contributed by atoms with Crippen molar-refractivity contribution >= 4 is 9.84 Å². The van der Waals surface area contributed by atoms with E-state index in [-0.39, 0.29) is 18.1 Å². The van der Waals surface area contributed by atoms with Gasteiger partial charge in [-0.2, -0.15) is 4.98 Å². The molecule has 0 radical (unpaired) electrons. The number of rotatable bonds is 5. The van der Waals surface area contributed by atoms with E-state index in [2.05, 4.69) is 15.1 Å². The van der Waals surface area contributed by atoms with Crippen LogP contribution >= 0.6 is 0 Å². The molecule has 22 heavy (non-hydrogen) atoms. The Morgan fingerprint density at radius 1 is 1.00 bits per heavy atom. The van der Waals surface area contributed by atoms with Crippen LogP contribution in [0.25, 0.3) is 11.6 Å². The molecule has 0 aliphatic heterocycles. The van der Waals surface area contributed by atoms with Crippen molar-refractivity contribution in [2.75, 3.05) is 5.75 Å². The van der Waals surface area contributed by atoms with Crippen LogP contribution in [0.5, 0.6) is 0 Å². The van der Waals surface area contributed by atoms with Gasteiger partial charge in [-0.15, -0.1) is 0 Å². The smallest absolute Gasteiger partial charge is 0.276 e. The van der Waals surface area contributed by atoms with Crippen LogP contribution in [0.1, 0.15) is 5.82 Å². The van der Waals surface area contributed by atoms with E-state index < -0.39 is 9.84 Å². The Kier molecular flexibility index (Phi) is 3.97. The van der Waals surface area contributed by atoms with E-state index in [4.69, 9.17) is 4.52 Å². The average molecular weight is 315 g/mol. The van der Waals surface area contributed by atoms with Gasteiger partial charge in [0.25, 0.3) is 5.89 Å². The van der Waals surface area contributed by atoms with Gasteiger partial charge >= 0.3 is 0 Å². The molecule has 6 nitrogen and oxygen atoms in total. The van der Waals surface area contributed by atoms with Gasteiger partial charge in [0.05, 0.1) is 10.6 Å². The fourth-order valence-electron chi connectivity index (χ4n) is 1.92. The number of benzene rings is 1. The molecule has 2 aromatic heterocycles. The van der Waals surface area contributed by atoms with Crippen LogP contribution in [0, 0.1) is 0 Å². The summed E-state index contributed by atoms with van der Waals surface area (Å²) >= 11 is 0. The summed E-state index contributed by atoms with van der Waals surface area (Å²) in [5.74, 6) is 0.561. The van der Waals surface area contributed by atoms with Crippen LogP contribution in [-0.4, -0.2) is 29.3 Å². The van der Waals surface area contributed by atoms with E-state index in [1.165, 1.54) is 0 Å². The van der Waals surface area contributed by atoms with E-state index in [0.717, 1.165) is 0 Å². The molecule has 112 valence electrons. The topological polar surface area (TPSA) is 86.0 Å². The van der Waals surface area contributed by atoms with E-state index in [9.17, 15) is 8.42 Å². The number of nitrogens with zero attached hydrogens (tertiary/aromatic N) is 3. The number of aromatic nitrogens is 3. The normalized spacial score (nSPS) is 11.5. The summed E-state index contributed by atoms with van der Waals surface area (Å²) in [6, 6.07) is 13.7. The van der Waals surface area contributed by atoms with Crippen molar-refractivity contribution in [3.05, 3.63) is 60.6 Å². The second-order valence-corrected chi connectivity index (χ2v) is 6.72. The minimum Gasteiger partial charge on any atom is -0.332 e. The molecule has 0 aliphatic carbocycles. The van der Waals surface area contributed by atoms with Gasteiger partial charge in [0.2, 0.25) is 0 Å². The third-order valence-electron chi connectivity index (χ3n) is 3.05. The lowest BCUT2D eigenvalue weighted by Gasteiger charge is -2.01. The molecule has 0 N–H and O–H groups in total. The third kappa shape index (κ3) is 3.20. The maximum absolute atomic E-state index is 12.2. The molecule has 1 aromatic carbocycles. The Bertz CT molecular complexity index is 846. The molecule has 3 aromatic rings. The molecular weight excluding hydrogens is 302 g/mol. The Morgan fingerprint density at radius 2 is 1.77 bits per heavy atom. The van der Waals surface area contributed by atoms with Crippen LogP contribution in [0.4, 0.5) is 0 Å². The first-order valence-corrected chi connectivity index (χ1v) is 8.32. The first-order chi connectivity index (χ1) is 10.6. The Balaban J connectivity index is 1.72. The molecule has 7 heteroatoms. The van der Waals surface area contributed by atoms with Gasteiger partial charge in [0.1, 0.15) is 5.69 Å². The standard InChI is InChI=1S/C15H13N3O3S/c19-22(20,12-6-2-1-3-7-12)11-9-14-17-15(21-18-14)13-8-4-5-10-16-13/h1-8,10H,9,11H2. The van der Waals surface area contributed by atoms with Crippen LogP contribution in [0.2, 0.25) is 0 Å². The van der Waals surface area contributed by atoms with Crippen molar-refractivity contribution in [3.8, 4) is 11.6 Å². The molecule has 0 saturated carbocycles. The molecule has 0 amide bonds. The fraction of sp³-hybridized carbons (Fsp3) is 0.133. The maximum Gasteiger partial charge on any atom is 0.276 e. The summed E-state index contributed by atoms with van der Waals surface area (Å²) in [5.41, 5.74) is 0.562. The lowest BCUT2D eigenvalue weighted by Crippen LogP contribution is -2.09. The first kappa shape index (κ1) is 14.4. The predicted octanol–water partition coefficient (Wildman–Crippen LogP) is 2.15. The van der Waals surface area contributed by atoms with E-state index >= 15 is 0 Å². The van der Waals surface area contributed by atoms with Crippen LogP contribution in [0.15, 0.2) is 64.1 Å². The van der Waals surface area contributed by atoms with Crippen molar-refractivity contribution in [2.45, 2.75) is 11.3 Å². The molecule has 0 aliphatic rings.